The molecule has 0 amide bonds. The van der Waals surface area contributed by atoms with Crippen LogP contribution in [-0.4, -0.2) is 28.6 Å². The van der Waals surface area contributed by atoms with E-state index in [0.717, 1.165) is 25.7 Å². The van der Waals surface area contributed by atoms with Crippen LogP contribution in [-0.2, 0) is 4.79 Å². The van der Waals surface area contributed by atoms with Crippen molar-refractivity contribution >= 4 is 17.3 Å². The molecule has 0 aliphatic heterocycles. The Balaban J connectivity index is 2.41. The number of carbonyl (C=O) groups is 1. The fourth-order valence-electron chi connectivity index (χ4n) is 2.75. The summed E-state index contributed by atoms with van der Waals surface area (Å²) in [6.07, 6.45) is 3.79. The number of hydrogen-bond donors (Lipinski definition) is 1. The standard InChI is InChI=1S/C14H15N3O4/c15-8-10-7-12(17(20)21)5-6-13(10)16(9-14(18)19)11-3-1-2-4-11/h5-7,11H,1-4,9H2,(H,18,19). The summed E-state index contributed by atoms with van der Waals surface area (Å²) in [7, 11) is 0. The van der Waals surface area contributed by atoms with Crippen LogP contribution in [0.2, 0.25) is 0 Å². The van der Waals surface area contributed by atoms with Crippen molar-refractivity contribution in [1.82, 2.24) is 0 Å². The Labute approximate surface area is 121 Å². The zero-order chi connectivity index (χ0) is 15.4. The predicted octanol–water partition coefficient (Wildman–Crippen LogP) is 2.30. The van der Waals surface area contributed by atoms with Gasteiger partial charge in [0.15, 0.2) is 0 Å². The molecule has 1 aliphatic rings. The molecule has 2 rings (SSSR count). The Kier molecular flexibility index (Phi) is 4.38. The second-order valence-electron chi connectivity index (χ2n) is 5.03. The molecule has 1 fully saturated rings. The maximum Gasteiger partial charge on any atom is 0.323 e. The van der Waals surface area contributed by atoms with Gasteiger partial charge in [0.25, 0.3) is 5.69 Å². The number of non-ortho nitro benzene ring substituents is 1. The van der Waals surface area contributed by atoms with Crippen molar-refractivity contribution in [3.63, 3.8) is 0 Å². The molecule has 0 aromatic heterocycles. The van der Waals surface area contributed by atoms with E-state index in [4.69, 9.17) is 5.11 Å². The van der Waals surface area contributed by atoms with E-state index in [9.17, 15) is 20.2 Å². The lowest BCUT2D eigenvalue weighted by Gasteiger charge is -2.30. The molecule has 110 valence electrons. The lowest BCUT2D eigenvalue weighted by molar-refractivity contribution is -0.384. The molecule has 21 heavy (non-hydrogen) atoms. The number of carboxylic acids is 1. The van der Waals surface area contributed by atoms with Gasteiger partial charge in [-0.15, -0.1) is 0 Å². The average Bonchev–Trinajstić information content (AvgIpc) is 2.97. The largest absolute Gasteiger partial charge is 0.480 e. The summed E-state index contributed by atoms with van der Waals surface area (Å²) in [5, 5.41) is 29.1. The third kappa shape index (κ3) is 3.28. The summed E-state index contributed by atoms with van der Waals surface area (Å²) < 4.78 is 0. The van der Waals surface area contributed by atoms with Crippen LogP contribution in [0.15, 0.2) is 18.2 Å². The van der Waals surface area contributed by atoms with Gasteiger partial charge in [-0.1, -0.05) is 12.8 Å². The van der Waals surface area contributed by atoms with Gasteiger partial charge in [0, 0.05) is 18.2 Å². The van der Waals surface area contributed by atoms with Crippen molar-refractivity contribution in [2.75, 3.05) is 11.4 Å². The molecule has 7 heteroatoms. The highest BCUT2D eigenvalue weighted by atomic mass is 16.6. The van der Waals surface area contributed by atoms with Gasteiger partial charge in [0.1, 0.15) is 12.6 Å². The second kappa shape index (κ2) is 6.22. The highest BCUT2D eigenvalue weighted by molar-refractivity contribution is 5.76. The van der Waals surface area contributed by atoms with E-state index >= 15 is 0 Å². The van der Waals surface area contributed by atoms with E-state index < -0.39 is 10.9 Å². The van der Waals surface area contributed by atoms with E-state index in [1.165, 1.54) is 18.2 Å². The van der Waals surface area contributed by atoms with Crippen molar-refractivity contribution in [3.05, 3.63) is 33.9 Å². The first-order chi connectivity index (χ1) is 10.0. The summed E-state index contributed by atoms with van der Waals surface area (Å²) in [6, 6.07) is 5.96. The first-order valence-corrected chi connectivity index (χ1v) is 6.70. The number of nitrogens with zero attached hydrogens (tertiary/aromatic N) is 3. The van der Waals surface area contributed by atoms with E-state index in [0.29, 0.717) is 5.69 Å². The molecule has 7 nitrogen and oxygen atoms in total. The minimum Gasteiger partial charge on any atom is -0.480 e. The van der Waals surface area contributed by atoms with Crippen LogP contribution in [0.25, 0.3) is 0 Å². The van der Waals surface area contributed by atoms with Crippen LogP contribution in [0.4, 0.5) is 11.4 Å². The number of rotatable bonds is 5. The van der Waals surface area contributed by atoms with E-state index in [1.54, 1.807) is 4.90 Å². The molecule has 0 unspecified atom stereocenters. The predicted molar refractivity (Wildman–Crippen MR) is 75.0 cm³/mol. The van der Waals surface area contributed by atoms with Gasteiger partial charge in [0.05, 0.1) is 16.2 Å². The Bertz CT molecular complexity index is 603. The maximum absolute atomic E-state index is 11.1. The van der Waals surface area contributed by atoms with Crippen molar-refractivity contribution in [2.45, 2.75) is 31.7 Å². The highest BCUT2D eigenvalue weighted by Crippen LogP contribution is 2.31. The molecule has 0 atom stereocenters. The molecule has 0 bridgehead atoms. The molecule has 1 aromatic rings. The third-order valence-electron chi connectivity index (χ3n) is 3.69. The van der Waals surface area contributed by atoms with Crippen molar-refractivity contribution in [1.29, 1.82) is 5.26 Å². The Hall–Kier alpha value is -2.62. The fourth-order valence-corrected chi connectivity index (χ4v) is 2.75. The fraction of sp³-hybridized carbons (Fsp3) is 0.429. The number of nitro groups is 1. The number of nitro benzene ring substituents is 1. The lowest BCUT2D eigenvalue weighted by Crippen LogP contribution is -2.38. The molecule has 1 aliphatic carbocycles. The van der Waals surface area contributed by atoms with Crippen LogP contribution in [0.3, 0.4) is 0 Å². The maximum atomic E-state index is 11.1. The van der Waals surface area contributed by atoms with Crippen molar-refractivity contribution in [3.8, 4) is 6.07 Å². The van der Waals surface area contributed by atoms with Crippen molar-refractivity contribution < 1.29 is 14.8 Å². The third-order valence-corrected chi connectivity index (χ3v) is 3.69. The summed E-state index contributed by atoms with van der Waals surface area (Å²) in [5.74, 6) is -0.982. The molecule has 0 saturated heterocycles. The average molecular weight is 289 g/mol. The zero-order valence-corrected chi connectivity index (χ0v) is 11.4. The number of carboxylic acid groups (broad SMARTS) is 1. The topological polar surface area (TPSA) is 107 Å². The molecule has 1 aromatic carbocycles. The molecule has 1 saturated carbocycles. The molecule has 0 heterocycles. The number of aliphatic carboxylic acids is 1. The van der Waals surface area contributed by atoms with Crippen LogP contribution in [0.1, 0.15) is 31.2 Å². The Morgan fingerprint density at radius 3 is 2.67 bits per heavy atom. The van der Waals surface area contributed by atoms with Gasteiger partial charge in [-0.3, -0.25) is 14.9 Å². The zero-order valence-electron chi connectivity index (χ0n) is 11.4. The lowest BCUT2D eigenvalue weighted by atomic mass is 10.1. The van der Waals surface area contributed by atoms with Crippen LogP contribution in [0, 0.1) is 21.4 Å². The van der Waals surface area contributed by atoms with Crippen LogP contribution >= 0.6 is 0 Å². The van der Waals surface area contributed by atoms with Gasteiger partial charge < -0.3 is 10.0 Å². The SMILES string of the molecule is N#Cc1cc([N+](=O)[O-])ccc1N(CC(=O)O)C1CCCC1. The number of hydrogen-bond acceptors (Lipinski definition) is 5. The smallest absolute Gasteiger partial charge is 0.323 e. The van der Waals surface area contributed by atoms with Gasteiger partial charge in [0.2, 0.25) is 0 Å². The van der Waals surface area contributed by atoms with Gasteiger partial charge in [-0.05, 0) is 18.9 Å². The normalized spacial score (nSPS) is 14.6. The molecule has 0 radical (unpaired) electrons. The van der Waals surface area contributed by atoms with Gasteiger partial charge >= 0.3 is 5.97 Å². The minimum absolute atomic E-state index is 0.0645. The number of anilines is 1. The molecular formula is C14H15N3O4. The first-order valence-electron chi connectivity index (χ1n) is 6.70. The van der Waals surface area contributed by atoms with Crippen LogP contribution in [0.5, 0.6) is 0 Å². The second-order valence-corrected chi connectivity index (χ2v) is 5.03. The Morgan fingerprint density at radius 2 is 2.14 bits per heavy atom. The highest BCUT2D eigenvalue weighted by Gasteiger charge is 2.27. The monoisotopic (exact) mass is 289 g/mol. The number of nitriles is 1. The molecule has 1 N–H and O–H groups in total. The van der Waals surface area contributed by atoms with Gasteiger partial charge in [-0.2, -0.15) is 5.26 Å². The summed E-state index contributed by atoms with van der Waals surface area (Å²) in [4.78, 5) is 23.0. The summed E-state index contributed by atoms with van der Waals surface area (Å²) >= 11 is 0. The van der Waals surface area contributed by atoms with Crippen LogP contribution < -0.4 is 4.90 Å². The summed E-state index contributed by atoms with van der Waals surface area (Å²) in [6.45, 7) is -0.211. The van der Waals surface area contributed by atoms with Crippen molar-refractivity contribution in [2.24, 2.45) is 0 Å². The van der Waals surface area contributed by atoms with E-state index in [2.05, 4.69) is 0 Å². The minimum atomic E-state index is -0.982. The Morgan fingerprint density at radius 1 is 1.48 bits per heavy atom. The van der Waals surface area contributed by atoms with E-state index in [-0.39, 0.29) is 23.8 Å². The van der Waals surface area contributed by atoms with Gasteiger partial charge in [-0.25, -0.2) is 0 Å². The molecule has 0 spiro atoms. The first kappa shape index (κ1) is 14.8. The molecular weight excluding hydrogens is 274 g/mol. The quantitative estimate of drug-likeness (QED) is 0.658. The van der Waals surface area contributed by atoms with E-state index in [1.807, 2.05) is 6.07 Å². The summed E-state index contributed by atoms with van der Waals surface area (Å²) in [5.41, 5.74) is 0.423. The number of benzene rings is 1.